The van der Waals surface area contributed by atoms with E-state index in [-0.39, 0.29) is 37.0 Å². The zero-order chi connectivity index (χ0) is 27.1. The molecule has 0 radical (unpaired) electrons. The number of amides is 2. The van der Waals surface area contributed by atoms with E-state index in [2.05, 4.69) is 6.58 Å². The fourth-order valence-electron chi connectivity index (χ4n) is 6.93. The predicted molar refractivity (Wildman–Crippen MR) is 138 cm³/mol. The number of fused-ring (bicyclic) bond motifs is 1. The molecule has 3 fully saturated rings. The van der Waals surface area contributed by atoms with Crippen LogP contribution >= 0.6 is 0 Å². The molecular formula is C29H40N2O6. The first-order valence-corrected chi connectivity index (χ1v) is 13.3. The van der Waals surface area contributed by atoms with E-state index in [0.717, 1.165) is 5.56 Å². The minimum atomic E-state index is -1.18. The van der Waals surface area contributed by atoms with E-state index in [1.165, 1.54) is 4.90 Å². The summed E-state index contributed by atoms with van der Waals surface area (Å²) in [6, 6.07) is 7.80. The third-order valence-corrected chi connectivity index (χ3v) is 8.68. The highest BCUT2D eigenvalue weighted by Gasteiger charge is 2.80. The Hall–Kier alpha value is -2.71. The standard InChI is InChI=1S/C29H40N2O6/c1-7-14-30(18(3)4)26(34)24-29-16-19(5)28(6,37-29)23(27(35)36-8-2)22(29)25(33)31(24)21(17-32)15-20-12-10-9-11-13-20/h7,9-13,18-19,21-24,32H,1,8,14-17H2,2-6H3/t19?,21-,22+,23-,24?,28+,29?/m1/s1. The van der Waals surface area contributed by atoms with E-state index in [1.807, 2.05) is 58.0 Å². The van der Waals surface area contributed by atoms with Crippen LogP contribution in [-0.2, 0) is 30.3 Å². The molecule has 0 saturated carbocycles. The van der Waals surface area contributed by atoms with Crippen LogP contribution in [0, 0.1) is 17.8 Å². The van der Waals surface area contributed by atoms with Gasteiger partial charge in [0, 0.05) is 12.6 Å². The van der Waals surface area contributed by atoms with Crippen molar-refractivity contribution in [1.29, 1.82) is 0 Å². The summed E-state index contributed by atoms with van der Waals surface area (Å²) in [5.41, 5.74) is -1.17. The first-order chi connectivity index (χ1) is 17.6. The van der Waals surface area contributed by atoms with Crippen molar-refractivity contribution in [2.45, 2.75) is 76.8 Å². The maximum atomic E-state index is 14.4. The molecule has 2 bridgehead atoms. The number of aliphatic hydroxyl groups is 1. The Balaban J connectivity index is 1.85. The summed E-state index contributed by atoms with van der Waals surface area (Å²) >= 11 is 0. The van der Waals surface area contributed by atoms with Crippen LogP contribution in [0.15, 0.2) is 43.0 Å². The Labute approximate surface area is 219 Å². The maximum Gasteiger partial charge on any atom is 0.312 e. The Bertz CT molecular complexity index is 1040. The van der Waals surface area contributed by atoms with Crippen LogP contribution in [0.1, 0.15) is 46.6 Å². The number of hydrogen-bond donors (Lipinski definition) is 1. The van der Waals surface area contributed by atoms with Crippen LogP contribution in [0.3, 0.4) is 0 Å². The summed E-state index contributed by atoms with van der Waals surface area (Å²) in [4.78, 5) is 45.2. The number of ether oxygens (including phenoxy) is 2. The van der Waals surface area contributed by atoms with Gasteiger partial charge in [0.25, 0.3) is 0 Å². The van der Waals surface area contributed by atoms with Crippen molar-refractivity contribution in [2.75, 3.05) is 19.8 Å². The second-order valence-corrected chi connectivity index (χ2v) is 11.1. The van der Waals surface area contributed by atoms with E-state index in [1.54, 1.807) is 17.9 Å². The Morgan fingerprint density at radius 1 is 1.32 bits per heavy atom. The third-order valence-electron chi connectivity index (χ3n) is 8.68. The van der Waals surface area contributed by atoms with E-state index < -0.39 is 41.1 Å². The molecule has 8 nitrogen and oxygen atoms in total. The van der Waals surface area contributed by atoms with E-state index in [0.29, 0.717) is 19.4 Å². The number of hydrogen-bond acceptors (Lipinski definition) is 6. The zero-order valence-corrected chi connectivity index (χ0v) is 22.6. The second kappa shape index (κ2) is 10.2. The molecule has 1 aromatic rings. The lowest BCUT2D eigenvalue weighted by atomic mass is 9.62. The number of carbonyl (C=O) groups excluding carboxylic acids is 3. The fraction of sp³-hybridized carbons (Fsp3) is 0.621. The van der Waals surface area contributed by atoms with Gasteiger partial charge < -0.3 is 24.4 Å². The summed E-state index contributed by atoms with van der Waals surface area (Å²) in [5, 5.41) is 10.5. The number of carbonyl (C=O) groups is 3. The van der Waals surface area contributed by atoms with Crippen LogP contribution in [0.2, 0.25) is 0 Å². The minimum Gasteiger partial charge on any atom is -0.466 e. The van der Waals surface area contributed by atoms with Crippen molar-refractivity contribution in [3.8, 4) is 0 Å². The van der Waals surface area contributed by atoms with E-state index >= 15 is 0 Å². The van der Waals surface area contributed by atoms with Gasteiger partial charge in [-0.15, -0.1) is 6.58 Å². The number of nitrogens with zero attached hydrogens (tertiary/aromatic N) is 2. The molecule has 3 aliphatic heterocycles. The molecule has 37 heavy (non-hydrogen) atoms. The highest BCUT2D eigenvalue weighted by atomic mass is 16.6. The first kappa shape index (κ1) is 27.3. The average Bonchev–Trinajstić information content (AvgIpc) is 3.38. The predicted octanol–water partition coefficient (Wildman–Crippen LogP) is 2.59. The van der Waals surface area contributed by atoms with Crippen LogP contribution < -0.4 is 0 Å². The number of aliphatic hydroxyl groups excluding tert-OH is 1. The van der Waals surface area contributed by atoms with Crippen LogP contribution in [0.4, 0.5) is 0 Å². The van der Waals surface area contributed by atoms with E-state index in [4.69, 9.17) is 9.47 Å². The lowest BCUT2D eigenvalue weighted by Gasteiger charge is -2.40. The monoisotopic (exact) mass is 512 g/mol. The normalized spacial score (nSPS) is 32.9. The van der Waals surface area contributed by atoms with Gasteiger partial charge in [-0.3, -0.25) is 14.4 Å². The summed E-state index contributed by atoms with van der Waals surface area (Å²) < 4.78 is 12.2. The van der Waals surface area contributed by atoms with Crippen LogP contribution in [0.25, 0.3) is 0 Å². The van der Waals surface area contributed by atoms with E-state index in [9.17, 15) is 19.5 Å². The molecule has 3 saturated heterocycles. The molecular weight excluding hydrogens is 472 g/mol. The average molecular weight is 513 g/mol. The summed E-state index contributed by atoms with van der Waals surface area (Å²) in [7, 11) is 0. The molecule has 1 aromatic carbocycles. The van der Waals surface area contributed by atoms with Gasteiger partial charge in [-0.05, 0) is 52.0 Å². The molecule has 4 rings (SSSR count). The maximum absolute atomic E-state index is 14.4. The Morgan fingerprint density at radius 3 is 2.57 bits per heavy atom. The molecule has 0 aromatic heterocycles. The number of rotatable bonds is 10. The lowest BCUT2D eigenvalue weighted by molar-refractivity contribution is -0.163. The van der Waals surface area contributed by atoms with Gasteiger partial charge in [0.05, 0.1) is 30.8 Å². The van der Waals surface area contributed by atoms with Crippen LogP contribution in [-0.4, -0.2) is 81.8 Å². The van der Waals surface area contributed by atoms with Gasteiger partial charge in [0.2, 0.25) is 11.8 Å². The summed E-state index contributed by atoms with van der Waals surface area (Å²) in [5.74, 6) is -2.81. The van der Waals surface area contributed by atoms with Crippen molar-refractivity contribution < 1.29 is 29.0 Å². The van der Waals surface area contributed by atoms with Crippen molar-refractivity contribution in [2.24, 2.45) is 17.8 Å². The molecule has 3 unspecified atom stereocenters. The summed E-state index contributed by atoms with van der Waals surface area (Å²) in [6.45, 7) is 13.4. The van der Waals surface area contributed by atoms with Crippen molar-refractivity contribution in [3.05, 3.63) is 48.6 Å². The molecule has 0 aliphatic carbocycles. The Morgan fingerprint density at radius 2 is 2.00 bits per heavy atom. The third kappa shape index (κ3) is 4.18. The lowest BCUT2D eigenvalue weighted by Crippen LogP contribution is -2.60. The smallest absolute Gasteiger partial charge is 0.312 e. The molecule has 8 heteroatoms. The van der Waals surface area contributed by atoms with Gasteiger partial charge in [-0.1, -0.05) is 43.3 Å². The minimum absolute atomic E-state index is 0.0742. The van der Waals surface area contributed by atoms with Gasteiger partial charge in [0.1, 0.15) is 17.6 Å². The first-order valence-electron chi connectivity index (χ1n) is 13.3. The van der Waals surface area contributed by atoms with Crippen molar-refractivity contribution >= 4 is 17.8 Å². The van der Waals surface area contributed by atoms with Gasteiger partial charge in [-0.2, -0.15) is 0 Å². The summed E-state index contributed by atoms with van der Waals surface area (Å²) in [6.07, 6.45) is 2.50. The number of esters is 1. The number of benzene rings is 1. The van der Waals surface area contributed by atoms with Gasteiger partial charge >= 0.3 is 5.97 Å². The fourth-order valence-corrected chi connectivity index (χ4v) is 6.93. The SMILES string of the molecule is C=CCN(C(=O)C1N([C@@H](CO)Cc2ccccc2)C(=O)[C@@H]2[C@H](C(=O)OCC)[C@@]3(C)OC12CC3C)C(C)C. The molecule has 3 heterocycles. The van der Waals surface area contributed by atoms with Gasteiger partial charge in [-0.25, -0.2) is 0 Å². The van der Waals surface area contributed by atoms with Crippen LogP contribution in [0.5, 0.6) is 0 Å². The molecule has 1 spiro atoms. The zero-order valence-electron chi connectivity index (χ0n) is 22.6. The highest BCUT2D eigenvalue weighted by Crippen LogP contribution is 2.65. The second-order valence-electron chi connectivity index (χ2n) is 11.1. The topological polar surface area (TPSA) is 96.4 Å². The quantitative estimate of drug-likeness (QED) is 0.382. The molecule has 202 valence electrons. The Kier molecular flexibility index (Phi) is 7.55. The molecule has 3 aliphatic rings. The molecule has 7 atom stereocenters. The van der Waals surface area contributed by atoms with Crippen molar-refractivity contribution in [3.63, 3.8) is 0 Å². The van der Waals surface area contributed by atoms with Gasteiger partial charge in [0.15, 0.2) is 0 Å². The number of likely N-dealkylation sites (tertiary alicyclic amines) is 1. The largest absolute Gasteiger partial charge is 0.466 e. The highest BCUT2D eigenvalue weighted by molar-refractivity contribution is 5.99. The molecule has 1 N–H and O–H groups in total. The molecule has 2 amide bonds. The van der Waals surface area contributed by atoms with Crippen molar-refractivity contribution in [1.82, 2.24) is 9.80 Å².